The molecule has 0 atom stereocenters. The smallest absolute Gasteiger partial charge is 0.416 e. The van der Waals surface area contributed by atoms with Crippen LogP contribution in [0.15, 0.2) is 54.6 Å². The number of hydrogen-bond acceptors (Lipinski definition) is 5. The van der Waals surface area contributed by atoms with Crippen LogP contribution in [0, 0.1) is 0 Å². The van der Waals surface area contributed by atoms with Gasteiger partial charge in [0.1, 0.15) is 12.2 Å². The molecular weight excluding hydrogens is 475 g/mol. The number of hydrogen-bond donors (Lipinski definition) is 0. The number of esters is 1. The molecule has 4 rings (SSSR count). The summed E-state index contributed by atoms with van der Waals surface area (Å²) in [6.45, 7) is 5.88. The van der Waals surface area contributed by atoms with Crippen LogP contribution in [-0.2, 0) is 35.3 Å². The van der Waals surface area contributed by atoms with Crippen molar-refractivity contribution in [1.82, 2.24) is 14.7 Å². The first-order chi connectivity index (χ1) is 16.9. The lowest BCUT2D eigenvalue weighted by molar-refractivity contribution is -0.137. The molecule has 190 valence electrons. The predicted molar refractivity (Wildman–Crippen MR) is 125 cm³/mol. The van der Waals surface area contributed by atoms with Gasteiger partial charge in [-0.25, -0.2) is 9.59 Å². The summed E-state index contributed by atoms with van der Waals surface area (Å²) in [5, 5.41) is 4.41. The minimum Gasteiger partial charge on any atom is -0.455 e. The van der Waals surface area contributed by atoms with E-state index in [0.717, 1.165) is 17.7 Å². The molecule has 0 saturated carbocycles. The van der Waals surface area contributed by atoms with E-state index in [4.69, 9.17) is 9.47 Å². The topological polar surface area (TPSA) is 73.7 Å². The normalized spacial score (nSPS) is 13.8. The summed E-state index contributed by atoms with van der Waals surface area (Å²) in [6, 6.07) is 13.7. The number of carbonyl (C=O) groups is 2. The molecule has 3 aromatic rings. The molecule has 36 heavy (non-hydrogen) atoms. The zero-order valence-electron chi connectivity index (χ0n) is 20.1. The molecule has 0 bridgehead atoms. The van der Waals surface area contributed by atoms with Gasteiger partial charge in [-0.2, -0.15) is 18.3 Å². The van der Waals surface area contributed by atoms with E-state index in [-0.39, 0.29) is 25.4 Å². The first-order valence-electron chi connectivity index (χ1n) is 11.4. The van der Waals surface area contributed by atoms with Gasteiger partial charge in [0.15, 0.2) is 5.69 Å². The van der Waals surface area contributed by atoms with Gasteiger partial charge in [0.25, 0.3) is 0 Å². The van der Waals surface area contributed by atoms with Crippen molar-refractivity contribution in [1.29, 1.82) is 0 Å². The van der Waals surface area contributed by atoms with Gasteiger partial charge in [0.05, 0.1) is 24.3 Å². The van der Waals surface area contributed by atoms with Crippen molar-refractivity contribution in [3.05, 3.63) is 77.1 Å². The fraction of sp³-hybridized carbons (Fsp3) is 0.346. The van der Waals surface area contributed by atoms with E-state index in [0.29, 0.717) is 23.4 Å². The van der Waals surface area contributed by atoms with Gasteiger partial charge < -0.3 is 14.4 Å². The molecular formula is C26H26F3N3O4. The van der Waals surface area contributed by atoms with E-state index in [1.807, 2.05) is 30.3 Å². The van der Waals surface area contributed by atoms with E-state index in [1.54, 1.807) is 25.5 Å². The second-order valence-corrected chi connectivity index (χ2v) is 9.43. The third kappa shape index (κ3) is 5.69. The Morgan fingerprint density at radius 3 is 2.25 bits per heavy atom. The molecule has 2 aromatic carbocycles. The number of nitrogens with zero attached hydrogens (tertiary/aromatic N) is 3. The third-order valence-corrected chi connectivity index (χ3v) is 5.54. The Morgan fingerprint density at radius 2 is 1.64 bits per heavy atom. The number of carbonyl (C=O) groups excluding carboxylic acids is 2. The van der Waals surface area contributed by atoms with Crippen molar-refractivity contribution >= 4 is 12.1 Å². The Bertz CT molecular complexity index is 1250. The average Bonchev–Trinajstić information content (AvgIpc) is 3.21. The van der Waals surface area contributed by atoms with Gasteiger partial charge in [-0.3, -0.25) is 4.68 Å². The van der Waals surface area contributed by atoms with Gasteiger partial charge in [0, 0.05) is 12.1 Å². The maximum Gasteiger partial charge on any atom is 0.416 e. The minimum absolute atomic E-state index is 0.0146. The second-order valence-electron chi connectivity index (χ2n) is 9.43. The molecule has 0 radical (unpaired) electrons. The summed E-state index contributed by atoms with van der Waals surface area (Å²) >= 11 is 0. The van der Waals surface area contributed by atoms with E-state index < -0.39 is 29.4 Å². The number of alkyl halides is 3. The molecule has 1 aromatic heterocycles. The van der Waals surface area contributed by atoms with Crippen molar-refractivity contribution in [3.8, 4) is 11.1 Å². The highest BCUT2D eigenvalue weighted by atomic mass is 19.4. The van der Waals surface area contributed by atoms with Gasteiger partial charge in [-0.1, -0.05) is 42.5 Å². The Labute approximate surface area is 206 Å². The van der Waals surface area contributed by atoms with Crippen LogP contribution in [0.5, 0.6) is 0 Å². The molecule has 7 nitrogen and oxygen atoms in total. The van der Waals surface area contributed by atoms with E-state index in [9.17, 15) is 22.8 Å². The average molecular weight is 502 g/mol. The molecule has 1 aliphatic heterocycles. The van der Waals surface area contributed by atoms with Crippen LogP contribution < -0.4 is 0 Å². The number of benzene rings is 2. The fourth-order valence-electron chi connectivity index (χ4n) is 3.88. The molecule has 0 fully saturated rings. The van der Waals surface area contributed by atoms with E-state index >= 15 is 0 Å². The van der Waals surface area contributed by atoms with Crippen molar-refractivity contribution in [3.63, 3.8) is 0 Å². The van der Waals surface area contributed by atoms with Crippen molar-refractivity contribution in [2.45, 2.75) is 52.2 Å². The third-order valence-electron chi connectivity index (χ3n) is 5.54. The number of ether oxygens (including phenoxy) is 2. The van der Waals surface area contributed by atoms with Crippen LogP contribution in [0.2, 0.25) is 0 Å². The van der Waals surface area contributed by atoms with Gasteiger partial charge in [-0.15, -0.1) is 0 Å². The summed E-state index contributed by atoms with van der Waals surface area (Å²) in [5.74, 6) is -0.697. The Morgan fingerprint density at radius 1 is 0.972 bits per heavy atom. The quantitative estimate of drug-likeness (QED) is 0.431. The molecule has 0 unspecified atom stereocenters. The lowest BCUT2D eigenvalue weighted by Gasteiger charge is -2.27. The highest BCUT2D eigenvalue weighted by Crippen LogP contribution is 2.35. The van der Waals surface area contributed by atoms with Crippen LogP contribution in [0.4, 0.5) is 18.0 Å². The van der Waals surface area contributed by atoms with Crippen molar-refractivity contribution in [2.24, 2.45) is 0 Å². The SMILES string of the molecule is CC(C)(C)OC(=O)c1nn2c(c1-c1ccc(C(F)(F)F)cc1)CN(C(=O)OCc1ccccc1)CC2. The lowest BCUT2D eigenvalue weighted by Crippen LogP contribution is -2.38. The molecule has 2 heterocycles. The Hall–Kier alpha value is -3.82. The first kappa shape index (κ1) is 25.3. The summed E-state index contributed by atoms with van der Waals surface area (Å²) in [7, 11) is 0. The summed E-state index contributed by atoms with van der Waals surface area (Å²) in [6.07, 6.45) is -5.03. The number of amides is 1. The molecule has 10 heteroatoms. The molecule has 1 aliphatic rings. The van der Waals surface area contributed by atoms with Crippen LogP contribution in [0.3, 0.4) is 0 Å². The van der Waals surface area contributed by atoms with Crippen LogP contribution in [-0.4, -0.2) is 38.9 Å². The molecule has 0 saturated heterocycles. The summed E-state index contributed by atoms with van der Waals surface area (Å²) in [5.41, 5.74) is 0.426. The number of fused-ring (bicyclic) bond motifs is 1. The zero-order chi connectivity index (χ0) is 26.1. The maximum atomic E-state index is 13.1. The number of halogens is 3. The predicted octanol–water partition coefficient (Wildman–Crippen LogP) is 5.68. The lowest BCUT2D eigenvalue weighted by atomic mass is 10.00. The molecule has 0 aliphatic carbocycles. The van der Waals surface area contributed by atoms with Crippen LogP contribution in [0.25, 0.3) is 11.1 Å². The van der Waals surface area contributed by atoms with E-state index in [2.05, 4.69) is 5.10 Å². The van der Waals surface area contributed by atoms with Gasteiger partial charge in [0.2, 0.25) is 0 Å². The zero-order valence-corrected chi connectivity index (χ0v) is 20.1. The first-order valence-corrected chi connectivity index (χ1v) is 11.4. The maximum absolute atomic E-state index is 13.1. The minimum atomic E-state index is -4.50. The van der Waals surface area contributed by atoms with Crippen molar-refractivity contribution in [2.75, 3.05) is 6.54 Å². The molecule has 1 amide bonds. The van der Waals surface area contributed by atoms with Crippen LogP contribution >= 0.6 is 0 Å². The number of rotatable bonds is 4. The fourth-order valence-corrected chi connectivity index (χ4v) is 3.88. The summed E-state index contributed by atoms with van der Waals surface area (Å²) in [4.78, 5) is 27.2. The standard InChI is InChI=1S/C26H26F3N3O4/c1-25(2,3)36-23(33)22-21(18-9-11-19(12-10-18)26(27,28)29)20-15-31(13-14-32(20)30-22)24(34)35-16-17-7-5-4-6-8-17/h4-12H,13-16H2,1-3H3. The number of aromatic nitrogens is 2. The highest BCUT2D eigenvalue weighted by molar-refractivity contribution is 5.96. The Kier molecular flexibility index (Phi) is 6.79. The van der Waals surface area contributed by atoms with Crippen molar-refractivity contribution < 1.29 is 32.2 Å². The van der Waals surface area contributed by atoms with Gasteiger partial charge in [-0.05, 0) is 44.0 Å². The molecule has 0 N–H and O–H groups in total. The summed E-state index contributed by atoms with van der Waals surface area (Å²) < 4.78 is 51.9. The van der Waals surface area contributed by atoms with Crippen LogP contribution in [0.1, 0.15) is 48.1 Å². The second kappa shape index (κ2) is 9.67. The van der Waals surface area contributed by atoms with Gasteiger partial charge >= 0.3 is 18.2 Å². The Balaban J connectivity index is 1.65. The highest BCUT2D eigenvalue weighted by Gasteiger charge is 2.34. The monoisotopic (exact) mass is 501 g/mol. The molecule has 0 spiro atoms. The largest absolute Gasteiger partial charge is 0.455 e. The van der Waals surface area contributed by atoms with E-state index in [1.165, 1.54) is 17.0 Å².